The molecule has 1 aromatic rings. The predicted molar refractivity (Wildman–Crippen MR) is 87.7 cm³/mol. The van der Waals surface area contributed by atoms with Gasteiger partial charge in [-0.25, -0.2) is 0 Å². The zero-order chi connectivity index (χ0) is 16.3. The van der Waals surface area contributed by atoms with E-state index in [0.29, 0.717) is 13.1 Å². The molecule has 22 heavy (non-hydrogen) atoms. The summed E-state index contributed by atoms with van der Waals surface area (Å²) >= 11 is 0. The first-order chi connectivity index (χ1) is 10.3. The SMILES string of the molecule is Cc1ccccc1C(=O)N1CCC(C(=O)NC(C)(C)C)CC1. The second kappa shape index (κ2) is 6.51. The molecule has 1 N–H and O–H groups in total. The van der Waals surface area contributed by atoms with Crippen molar-refractivity contribution in [1.29, 1.82) is 0 Å². The molecule has 0 spiro atoms. The third-order valence-electron chi connectivity index (χ3n) is 4.03. The minimum absolute atomic E-state index is 0.0140. The normalized spacial score (nSPS) is 16.5. The topological polar surface area (TPSA) is 49.4 Å². The molecule has 4 heteroatoms. The first kappa shape index (κ1) is 16.5. The molecule has 2 rings (SSSR count). The Balaban J connectivity index is 1.94. The molecule has 0 aromatic heterocycles. The first-order valence-electron chi connectivity index (χ1n) is 7.95. The number of nitrogens with zero attached hydrogens (tertiary/aromatic N) is 1. The molecule has 0 aliphatic carbocycles. The average Bonchev–Trinajstić information content (AvgIpc) is 2.45. The van der Waals surface area contributed by atoms with Gasteiger partial charge in [-0.2, -0.15) is 0 Å². The minimum atomic E-state index is -0.203. The quantitative estimate of drug-likeness (QED) is 0.913. The summed E-state index contributed by atoms with van der Waals surface area (Å²) in [6, 6.07) is 7.66. The maximum Gasteiger partial charge on any atom is 0.254 e. The average molecular weight is 302 g/mol. The Morgan fingerprint density at radius 3 is 2.27 bits per heavy atom. The van der Waals surface area contributed by atoms with E-state index in [-0.39, 0.29) is 23.3 Å². The number of aryl methyl sites for hydroxylation is 1. The second-order valence-electron chi connectivity index (χ2n) is 7.12. The van der Waals surface area contributed by atoms with Crippen molar-refractivity contribution < 1.29 is 9.59 Å². The summed E-state index contributed by atoms with van der Waals surface area (Å²) in [6.07, 6.45) is 1.47. The highest BCUT2D eigenvalue weighted by molar-refractivity contribution is 5.95. The molecule has 2 amide bonds. The van der Waals surface area contributed by atoms with Gasteiger partial charge in [0.25, 0.3) is 5.91 Å². The highest BCUT2D eigenvalue weighted by Crippen LogP contribution is 2.21. The van der Waals surface area contributed by atoms with Crippen molar-refractivity contribution in [3.63, 3.8) is 0 Å². The van der Waals surface area contributed by atoms with Crippen molar-refractivity contribution >= 4 is 11.8 Å². The Kier molecular flexibility index (Phi) is 4.89. The number of piperidine rings is 1. The number of hydrogen-bond acceptors (Lipinski definition) is 2. The summed E-state index contributed by atoms with van der Waals surface area (Å²) in [7, 11) is 0. The molecule has 4 nitrogen and oxygen atoms in total. The van der Waals surface area contributed by atoms with Gasteiger partial charge in [0.2, 0.25) is 5.91 Å². The van der Waals surface area contributed by atoms with Crippen LogP contribution >= 0.6 is 0 Å². The largest absolute Gasteiger partial charge is 0.351 e. The van der Waals surface area contributed by atoms with Gasteiger partial charge in [-0.3, -0.25) is 9.59 Å². The fourth-order valence-corrected chi connectivity index (χ4v) is 2.80. The van der Waals surface area contributed by atoms with Gasteiger partial charge in [-0.05, 0) is 52.2 Å². The molecule has 0 bridgehead atoms. The zero-order valence-corrected chi connectivity index (χ0v) is 14.0. The molecular formula is C18H26N2O2. The Morgan fingerprint density at radius 1 is 1.14 bits per heavy atom. The molecule has 1 aliphatic heterocycles. The van der Waals surface area contributed by atoms with E-state index in [2.05, 4.69) is 5.32 Å². The lowest BCUT2D eigenvalue weighted by Crippen LogP contribution is -2.47. The second-order valence-corrected chi connectivity index (χ2v) is 7.12. The van der Waals surface area contributed by atoms with E-state index in [1.807, 2.05) is 56.9 Å². The predicted octanol–water partition coefficient (Wildman–Crippen LogP) is 2.76. The number of benzene rings is 1. The van der Waals surface area contributed by atoms with Crippen LogP contribution in [0.1, 0.15) is 49.5 Å². The number of amides is 2. The Bertz CT molecular complexity index is 552. The summed E-state index contributed by atoms with van der Waals surface area (Å²) < 4.78 is 0. The van der Waals surface area contributed by atoms with Gasteiger partial charge in [0.1, 0.15) is 0 Å². The maximum absolute atomic E-state index is 12.6. The summed E-state index contributed by atoms with van der Waals surface area (Å²) in [5.41, 5.74) is 1.56. The van der Waals surface area contributed by atoms with E-state index in [1.165, 1.54) is 0 Å². The van der Waals surface area contributed by atoms with Crippen LogP contribution in [0.15, 0.2) is 24.3 Å². The lowest BCUT2D eigenvalue weighted by atomic mass is 9.94. The molecule has 0 saturated carbocycles. The van der Waals surface area contributed by atoms with E-state index in [4.69, 9.17) is 0 Å². The molecule has 0 atom stereocenters. The third kappa shape index (κ3) is 4.09. The monoisotopic (exact) mass is 302 g/mol. The summed E-state index contributed by atoms with van der Waals surface area (Å²) in [5.74, 6) is 0.198. The van der Waals surface area contributed by atoms with E-state index < -0.39 is 0 Å². The summed E-state index contributed by atoms with van der Waals surface area (Å²) in [6.45, 7) is 9.22. The van der Waals surface area contributed by atoms with Crippen LogP contribution in [0.25, 0.3) is 0 Å². The lowest BCUT2D eigenvalue weighted by Gasteiger charge is -2.33. The Morgan fingerprint density at radius 2 is 1.73 bits per heavy atom. The van der Waals surface area contributed by atoms with E-state index in [0.717, 1.165) is 24.0 Å². The minimum Gasteiger partial charge on any atom is -0.351 e. The summed E-state index contributed by atoms with van der Waals surface area (Å²) in [5, 5.41) is 3.03. The van der Waals surface area contributed by atoms with Crippen LogP contribution in [0.5, 0.6) is 0 Å². The van der Waals surface area contributed by atoms with Crippen LogP contribution in [0.4, 0.5) is 0 Å². The van der Waals surface area contributed by atoms with Gasteiger partial charge in [0, 0.05) is 30.1 Å². The van der Waals surface area contributed by atoms with Gasteiger partial charge in [0.15, 0.2) is 0 Å². The fourth-order valence-electron chi connectivity index (χ4n) is 2.80. The fraction of sp³-hybridized carbons (Fsp3) is 0.556. The smallest absolute Gasteiger partial charge is 0.254 e. The van der Waals surface area contributed by atoms with Crippen molar-refractivity contribution in [3.8, 4) is 0 Å². The highest BCUT2D eigenvalue weighted by Gasteiger charge is 2.29. The van der Waals surface area contributed by atoms with Gasteiger partial charge in [-0.1, -0.05) is 18.2 Å². The number of rotatable bonds is 2. The number of nitrogens with one attached hydrogen (secondary N) is 1. The van der Waals surface area contributed by atoms with Gasteiger partial charge in [0.05, 0.1) is 0 Å². The standard InChI is InChI=1S/C18H26N2O2/c1-13-7-5-6-8-15(13)17(22)20-11-9-14(10-12-20)16(21)19-18(2,3)4/h5-8,14H,9-12H2,1-4H3,(H,19,21). The van der Waals surface area contributed by atoms with E-state index >= 15 is 0 Å². The third-order valence-corrected chi connectivity index (χ3v) is 4.03. The van der Waals surface area contributed by atoms with Crippen LogP contribution in [0, 0.1) is 12.8 Å². The molecule has 1 fully saturated rings. The number of carbonyl (C=O) groups is 2. The molecule has 1 aliphatic rings. The van der Waals surface area contributed by atoms with Crippen LogP contribution in [0.2, 0.25) is 0 Å². The number of likely N-dealkylation sites (tertiary alicyclic amines) is 1. The van der Waals surface area contributed by atoms with Crippen LogP contribution in [0.3, 0.4) is 0 Å². The van der Waals surface area contributed by atoms with Crippen LogP contribution in [-0.4, -0.2) is 35.3 Å². The van der Waals surface area contributed by atoms with Crippen molar-refractivity contribution in [1.82, 2.24) is 10.2 Å². The highest BCUT2D eigenvalue weighted by atomic mass is 16.2. The van der Waals surface area contributed by atoms with E-state index in [9.17, 15) is 9.59 Å². The molecular weight excluding hydrogens is 276 g/mol. The van der Waals surface area contributed by atoms with Crippen molar-refractivity contribution in [3.05, 3.63) is 35.4 Å². The summed E-state index contributed by atoms with van der Waals surface area (Å²) in [4.78, 5) is 26.6. The van der Waals surface area contributed by atoms with Crippen LogP contribution in [-0.2, 0) is 4.79 Å². The maximum atomic E-state index is 12.6. The molecule has 1 aromatic carbocycles. The first-order valence-corrected chi connectivity index (χ1v) is 7.95. The molecule has 1 saturated heterocycles. The van der Waals surface area contributed by atoms with Gasteiger partial charge in [-0.15, -0.1) is 0 Å². The molecule has 120 valence electrons. The van der Waals surface area contributed by atoms with Crippen LogP contribution < -0.4 is 5.32 Å². The van der Waals surface area contributed by atoms with E-state index in [1.54, 1.807) is 0 Å². The molecule has 0 unspecified atom stereocenters. The van der Waals surface area contributed by atoms with Crippen molar-refractivity contribution in [2.75, 3.05) is 13.1 Å². The van der Waals surface area contributed by atoms with Crippen molar-refractivity contribution in [2.24, 2.45) is 5.92 Å². The lowest BCUT2D eigenvalue weighted by molar-refractivity contribution is -0.127. The van der Waals surface area contributed by atoms with Crippen molar-refractivity contribution in [2.45, 2.75) is 46.1 Å². The Labute approximate surface area is 132 Å². The number of hydrogen-bond donors (Lipinski definition) is 1. The van der Waals surface area contributed by atoms with Gasteiger partial charge >= 0.3 is 0 Å². The number of carbonyl (C=O) groups excluding carboxylic acids is 2. The Hall–Kier alpha value is -1.84. The molecule has 1 heterocycles. The molecule has 0 radical (unpaired) electrons. The zero-order valence-electron chi connectivity index (χ0n) is 14.0. The van der Waals surface area contributed by atoms with Gasteiger partial charge < -0.3 is 10.2 Å².